The Morgan fingerprint density at radius 1 is 1.27 bits per heavy atom. The van der Waals surface area contributed by atoms with Gasteiger partial charge in [0.2, 0.25) is 0 Å². The fraction of sp³-hybridized carbons (Fsp3) is 1.00. The molecule has 15 heavy (non-hydrogen) atoms. The molecule has 3 unspecified atom stereocenters. The number of rotatable bonds is 6. The van der Waals surface area contributed by atoms with E-state index in [0.717, 1.165) is 23.3 Å². The summed E-state index contributed by atoms with van der Waals surface area (Å²) in [6.45, 7) is 9.22. The molecule has 1 aliphatic rings. The van der Waals surface area contributed by atoms with Gasteiger partial charge in [0.15, 0.2) is 0 Å². The second kappa shape index (κ2) is 6.80. The molecule has 0 spiro atoms. The molecule has 0 aromatic heterocycles. The minimum absolute atomic E-state index is 0.723. The van der Waals surface area contributed by atoms with Crippen molar-refractivity contribution in [1.29, 1.82) is 0 Å². The highest BCUT2D eigenvalue weighted by Crippen LogP contribution is 2.30. The van der Waals surface area contributed by atoms with Gasteiger partial charge in [-0.1, -0.05) is 27.7 Å². The molecule has 0 amide bonds. The Morgan fingerprint density at radius 3 is 2.53 bits per heavy atom. The molecule has 0 saturated heterocycles. The first-order valence-electron chi connectivity index (χ1n) is 6.55. The lowest BCUT2D eigenvalue weighted by Crippen LogP contribution is -2.39. The molecule has 0 aromatic carbocycles. The Balaban J connectivity index is 2.28. The monoisotopic (exact) mass is 229 g/mol. The number of thioether (sulfide) groups is 1. The van der Waals surface area contributed by atoms with Gasteiger partial charge in [-0.3, -0.25) is 0 Å². The molecule has 1 saturated carbocycles. The molecule has 1 nitrogen and oxygen atoms in total. The topological polar surface area (TPSA) is 12.0 Å². The molecule has 0 radical (unpaired) electrons. The molecular formula is C13H27NS. The van der Waals surface area contributed by atoms with Crippen LogP contribution in [0.15, 0.2) is 0 Å². The lowest BCUT2D eigenvalue weighted by molar-refractivity contribution is 0.344. The van der Waals surface area contributed by atoms with Crippen LogP contribution in [0.5, 0.6) is 0 Å². The van der Waals surface area contributed by atoms with Crippen LogP contribution in [0, 0.1) is 5.92 Å². The fourth-order valence-electron chi connectivity index (χ4n) is 2.56. The van der Waals surface area contributed by atoms with Gasteiger partial charge in [0.25, 0.3) is 0 Å². The Kier molecular flexibility index (Phi) is 6.06. The van der Waals surface area contributed by atoms with Crippen molar-refractivity contribution in [2.24, 2.45) is 5.92 Å². The van der Waals surface area contributed by atoms with E-state index in [1.54, 1.807) is 0 Å². The SMILES string of the molecule is CCSC1CCC(NC(CC)C(C)C)C1. The lowest BCUT2D eigenvalue weighted by atomic mass is 10.0. The van der Waals surface area contributed by atoms with Crippen molar-refractivity contribution in [3.63, 3.8) is 0 Å². The van der Waals surface area contributed by atoms with Crippen LogP contribution >= 0.6 is 11.8 Å². The fourth-order valence-corrected chi connectivity index (χ4v) is 3.71. The summed E-state index contributed by atoms with van der Waals surface area (Å²) in [6, 6.07) is 1.52. The molecule has 1 N–H and O–H groups in total. The number of hydrogen-bond acceptors (Lipinski definition) is 2. The average molecular weight is 229 g/mol. The summed E-state index contributed by atoms with van der Waals surface area (Å²) < 4.78 is 0. The molecule has 1 rings (SSSR count). The van der Waals surface area contributed by atoms with E-state index in [0.29, 0.717) is 0 Å². The van der Waals surface area contributed by atoms with Gasteiger partial charge in [-0.05, 0) is 37.4 Å². The van der Waals surface area contributed by atoms with Gasteiger partial charge in [-0.15, -0.1) is 0 Å². The summed E-state index contributed by atoms with van der Waals surface area (Å²) >= 11 is 2.15. The minimum Gasteiger partial charge on any atom is -0.311 e. The second-order valence-electron chi connectivity index (χ2n) is 5.01. The first kappa shape index (κ1) is 13.4. The van der Waals surface area contributed by atoms with Crippen molar-refractivity contribution in [2.45, 2.75) is 70.7 Å². The first-order chi connectivity index (χ1) is 7.17. The predicted molar refractivity (Wildman–Crippen MR) is 71.6 cm³/mol. The van der Waals surface area contributed by atoms with E-state index in [4.69, 9.17) is 0 Å². The van der Waals surface area contributed by atoms with Crippen molar-refractivity contribution in [3.05, 3.63) is 0 Å². The summed E-state index contributed by atoms with van der Waals surface area (Å²) in [7, 11) is 0. The van der Waals surface area contributed by atoms with E-state index in [2.05, 4.69) is 44.8 Å². The van der Waals surface area contributed by atoms with Crippen LogP contribution in [-0.4, -0.2) is 23.1 Å². The predicted octanol–water partition coefficient (Wildman–Crippen LogP) is 3.68. The van der Waals surface area contributed by atoms with Gasteiger partial charge in [-0.2, -0.15) is 11.8 Å². The van der Waals surface area contributed by atoms with Gasteiger partial charge in [-0.25, -0.2) is 0 Å². The van der Waals surface area contributed by atoms with Crippen LogP contribution in [0.3, 0.4) is 0 Å². The standard InChI is InChI=1S/C13H27NS/c1-5-13(10(3)4)14-11-7-8-12(9-11)15-6-2/h10-14H,5-9H2,1-4H3. The van der Waals surface area contributed by atoms with E-state index >= 15 is 0 Å². The van der Waals surface area contributed by atoms with E-state index in [1.807, 2.05) is 0 Å². The van der Waals surface area contributed by atoms with Crippen molar-refractivity contribution < 1.29 is 0 Å². The summed E-state index contributed by atoms with van der Waals surface area (Å²) in [5, 5.41) is 4.77. The van der Waals surface area contributed by atoms with Gasteiger partial charge < -0.3 is 5.32 Å². The highest BCUT2D eigenvalue weighted by molar-refractivity contribution is 7.99. The third kappa shape index (κ3) is 4.36. The van der Waals surface area contributed by atoms with Crippen molar-refractivity contribution in [3.8, 4) is 0 Å². The maximum atomic E-state index is 3.84. The van der Waals surface area contributed by atoms with E-state index < -0.39 is 0 Å². The maximum absolute atomic E-state index is 3.84. The Bertz CT molecular complexity index is 170. The summed E-state index contributed by atoms with van der Waals surface area (Å²) in [5.74, 6) is 2.05. The van der Waals surface area contributed by atoms with Crippen molar-refractivity contribution >= 4 is 11.8 Å². The number of hydrogen-bond donors (Lipinski definition) is 1. The molecule has 3 atom stereocenters. The van der Waals surface area contributed by atoms with Crippen LogP contribution in [0.2, 0.25) is 0 Å². The van der Waals surface area contributed by atoms with E-state index in [9.17, 15) is 0 Å². The zero-order valence-electron chi connectivity index (χ0n) is 10.8. The normalized spacial score (nSPS) is 28.6. The minimum atomic E-state index is 0.723. The second-order valence-corrected chi connectivity index (χ2v) is 6.59. The summed E-state index contributed by atoms with van der Waals surface area (Å²) in [5.41, 5.74) is 0. The quantitative estimate of drug-likeness (QED) is 0.745. The smallest absolute Gasteiger partial charge is 0.00900 e. The highest BCUT2D eigenvalue weighted by Gasteiger charge is 2.26. The molecular weight excluding hydrogens is 202 g/mol. The molecule has 0 heterocycles. The molecule has 1 aliphatic carbocycles. The van der Waals surface area contributed by atoms with Gasteiger partial charge in [0, 0.05) is 17.3 Å². The molecule has 0 aromatic rings. The van der Waals surface area contributed by atoms with Crippen LogP contribution in [0.1, 0.15) is 53.4 Å². The largest absolute Gasteiger partial charge is 0.311 e. The van der Waals surface area contributed by atoms with E-state index in [-0.39, 0.29) is 0 Å². The third-order valence-corrected chi connectivity index (χ3v) is 4.71. The molecule has 0 bridgehead atoms. The van der Waals surface area contributed by atoms with Crippen LogP contribution in [0.25, 0.3) is 0 Å². The summed E-state index contributed by atoms with van der Waals surface area (Å²) in [4.78, 5) is 0. The Morgan fingerprint density at radius 2 is 2.00 bits per heavy atom. The third-order valence-electron chi connectivity index (χ3n) is 3.48. The van der Waals surface area contributed by atoms with Crippen LogP contribution in [0.4, 0.5) is 0 Å². The number of nitrogens with one attached hydrogen (secondary N) is 1. The molecule has 2 heteroatoms. The van der Waals surface area contributed by atoms with Crippen molar-refractivity contribution in [1.82, 2.24) is 5.32 Å². The first-order valence-corrected chi connectivity index (χ1v) is 7.59. The average Bonchev–Trinajstić information content (AvgIpc) is 2.62. The molecule has 90 valence electrons. The van der Waals surface area contributed by atoms with Crippen molar-refractivity contribution in [2.75, 3.05) is 5.75 Å². The van der Waals surface area contributed by atoms with Gasteiger partial charge in [0.05, 0.1) is 0 Å². The Hall–Kier alpha value is 0.310. The van der Waals surface area contributed by atoms with E-state index in [1.165, 1.54) is 31.4 Å². The highest BCUT2D eigenvalue weighted by atomic mass is 32.2. The Labute approximate surface area is 99.8 Å². The van der Waals surface area contributed by atoms with Gasteiger partial charge >= 0.3 is 0 Å². The zero-order valence-corrected chi connectivity index (χ0v) is 11.6. The molecule has 1 fully saturated rings. The lowest BCUT2D eigenvalue weighted by Gasteiger charge is -2.25. The van der Waals surface area contributed by atoms with Crippen LogP contribution < -0.4 is 5.32 Å². The summed E-state index contributed by atoms with van der Waals surface area (Å²) in [6.07, 6.45) is 5.47. The maximum Gasteiger partial charge on any atom is 0.00900 e. The van der Waals surface area contributed by atoms with Gasteiger partial charge in [0.1, 0.15) is 0 Å². The zero-order chi connectivity index (χ0) is 11.3. The van der Waals surface area contributed by atoms with Crippen LogP contribution in [-0.2, 0) is 0 Å². The molecule has 0 aliphatic heterocycles.